The first-order valence-corrected chi connectivity index (χ1v) is 17.5. The fourth-order valence-electron chi connectivity index (χ4n) is 5.63. The van der Waals surface area contributed by atoms with Gasteiger partial charge < -0.3 is 39.4 Å². The average molecular weight is 695 g/mol. The molecule has 13 nitrogen and oxygen atoms in total. The number of aliphatic hydroxyl groups excluding tert-OH is 1. The molecule has 280 valence electrons. The van der Waals surface area contributed by atoms with Crippen molar-refractivity contribution in [2.24, 2.45) is 23.7 Å². The average Bonchev–Trinajstić information content (AvgIpc) is 3.03. The van der Waals surface area contributed by atoms with Crippen molar-refractivity contribution >= 4 is 17.9 Å². The SMILES string of the molecule is COCCCOc1cc(C[C@@H](C[C@H](NC(=O)OC(C)(C)C)[C@@H](O)C[C@H](C(=O)NCC(=O)NN2CCOCC2)C(C)C)C(C)C)ccc1OC. The molecule has 1 aliphatic heterocycles. The molecule has 4 N–H and O–H groups in total. The lowest BCUT2D eigenvalue weighted by atomic mass is 9.80. The van der Waals surface area contributed by atoms with E-state index in [0.717, 1.165) is 12.0 Å². The molecule has 49 heavy (non-hydrogen) atoms. The number of nitrogens with zero attached hydrogens (tertiary/aromatic N) is 1. The van der Waals surface area contributed by atoms with E-state index in [1.54, 1.807) is 40.0 Å². The summed E-state index contributed by atoms with van der Waals surface area (Å²) in [6, 6.07) is 5.15. The first-order valence-electron chi connectivity index (χ1n) is 17.5. The molecule has 0 saturated carbocycles. The third-order valence-electron chi connectivity index (χ3n) is 8.50. The molecule has 1 fully saturated rings. The number of alkyl carbamates (subject to hydrolysis) is 1. The van der Waals surface area contributed by atoms with Gasteiger partial charge in [0.25, 0.3) is 5.91 Å². The number of hydrogen-bond donors (Lipinski definition) is 4. The van der Waals surface area contributed by atoms with E-state index in [1.165, 1.54) is 0 Å². The highest BCUT2D eigenvalue weighted by molar-refractivity contribution is 5.85. The van der Waals surface area contributed by atoms with Crippen LogP contribution in [-0.2, 0) is 30.2 Å². The lowest BCUT2D eigenvalue weighted by molar-refractivity contribution is -0.133. The lowest BCUT2D eigenvalue weighted by Gasteiger charge is -2.33. The van der Waals surface area contributed by atoms with Crippen LogP contribution >= 0.6 is 0 Å². The number of ether oxygens (including phenoxy) is 5. The summed E-state index contributed by atoms with van der Waals surface area (Å²) in [6.07, 6.45) is 0.211. The number of hydrazine groups is 1. The van der Waals surface area contributed by atoms with Gasteiger partial charge in [0, 0.05) is 39.1 Å². The first-order chi connectivity index (χ1) is 23.1. The smallest absolute Gasteiger partial charge is 0.407 e. The van der Waals surface area contributed by atoms with Gasteiger partial charge in [-0.3, -0.25) is 15.0 Å². The van der Waals surface area contributed by atoms with Crippen LogP contribution in [0.25, 0.3) is 0 Å². The highest BCUT2D eigenvalue weighted by Gasteiger charge is 2.33. The highest BCUT2D eigenvalue weighted by atomic mass is 16.6. The lowest BCUT2D eigenvalue weighted by Crippen LogP contribution is -2.52. The molecule has 13 heteroatoms. The number of nitrogens with one attached hydrogen (secondary N) is 3. The van der Waals surface area contributed by atoms with E-state index in [-0.39, 0.29) is 42.5 Å². The zero-order chi connectivity index (χ0) is 36.6. The minimum Gasteiger partial charge on any atom is -0.493 e. The third-order valence-corrected chi connectivity index (χ3v) is 8.50. The number of carbonyl (C=O) groups excluding carboxylic acids is 3. The summed E-state index contributed by atoms with van der Waals surface area (Å²) in [7, 11) is 3.26. The van der Waals surface area contributed by atoms with E-state index in [0.29, 0.717) is 63.9 Å². The monoisotopic (exact) mass is 694 g/mol. The summed E-state index contributed by atoms with van der Waals surface area (Å²) >= 11 is 0. The van der Waals surface area contributed by atoms with Crippen LogP contribution in [0.2, 0.25) is 0 Å². The fourth-order valence-corrected chi connectivity index (χ4v) is 5.63. The van der Waals surface area contributed by atoms with Crippen molar-refractivity contribution in [3.63, 3.8) is 0 Å². The molecule has 0 aromatic heterocycles. The Hall–Kier alpha value is -3.13. The topological polar surface area (TPSA) is 157 Å². The van der Waals surface area contributed by atoms with Gasteiger partial charge in [-0.15, -0.1) is 0 Å². The number of aliphatic hydroxyl groups is 1. The number of benzene rings is 1. The maximum absolute atomic E-state index is 13.3. The van der Waals surface area contributed by atoms with E-state index in [2.05, 4.69) is 29.9 Å². The zero-order valence-corrected chi connectivity index (χ0v) is 31.1. The Balaban J connectivity index is 2.20. The summed E-state index contributed by atoms with van der Waals surface area (Å²) in [4.78, 5) is 38.9. The number of amides is 3. The molecule has 0 spiro atoms. The fraction of sp³-hybridized carbons (Fsp3) is 0.750. The molecule has 1 saturated heterocycles. The first kappa shape index (κ1) is 42.0. The number of carbonyl (C=O) groups is 3. The molecule has 0 unspecified atom stereocenters. The van der Waals surface area contributed by atoms with Crippen molar-refractivity contribution in [3.05, 3.63) is 23.8 Å². The third kappa shape index (κ3) is 16.0. The minimum absolute atomic E-state index is 0.0412. The van der Waals surface area contributed by atoms with Gasteiger partial charge in [0.2, 0.25) is 5.91 Å². The second kappa shape index (κ2) is 21.2. The van der Waals surface area contributed by atoms with E-state index in [9.17, 15) is 19.5 Å². The number of rotatable bonds is 20. The van der Waals surface area contributed by atoms with E-state index >= 15 is 0 Å². The molecule has 1 aliphatic rings. The Morgan fingerprint density at radius 2 is 1.67 bits per heavy atom. The maximum atomic E-state index is 13.3. The Bertz CT molecular complexity index is 1150. The Labute approximate surface area is 293 Å². The van der Waals surface area contributed by atoms with Crippen LogP contribution in [0.4, 0.5) is 4.79 Å². The summed E-state index contributed by atoms with van der Waals surface area (Å²) < 4.78 is 27.5. The van der Waals surface area contributed by atoms with Crippen LogP contribution < -0.4 is 25.5 Å². The number of morpholine rings is 1. The maximum Gasteiger partial charge on any atom is 0.407 e. The Morgan fingerprint density at radius 1 is 0.980 bits per heavy atom. The predicted octanol–water partition coefficient (Wildman–Crippen LogP) is 3.71. The number of hydrogen-bond acceptors (Lipinski definition) is 10. The highest BCUT2D eigenvalue weighted by Crippen LogP contribution is 2.32. The second-order valence-corrected chi connectivity index (χ2v) is 14.4. The van der Waals surface area contributed by atoms with Crippen LogP contribution in [0.3, 0.4) is 0 Å². The van der Waals surface area contributed by atoms with Crippen molar-refractivity contribution in [1.29, 1.82) is 0 Å². The van der Waals surface area contributed by atoms with E-state index < -0.39 is 29.8 Å². The second-order valence-electron chi connectivity index (χ2n) is 14.4. The summed E-state index contributed by atoms with van der Waals surface area (Å²) in [5.41, 5.74) is 3.08. The van der Waals surface area contributed by atoms with Gasteiger partial charge in [0.1, 0.15) is 5.60 Å². The predicted molar refractivity (Wildman–Crippen MR) is 187 cm³/mol. The van der Waals surface area contributed by atoms with Crippen LogP contribution in [0.5, 0.6) is 11.5 Å². The van der Waals surface area contributed by atoms with Gasteiger partial charge >= 0.3 is 6.09 Å². The van der Waals surface area contributed by atoms with Crippen LogP contribution in [0, 0.1) is 23.7 Å². The molecule has 0 aliphatic carbocycles. The molecule has 2 rings (SSSR count). The molecule has 1 heterocycles. The van der Waals surface area contributed by atoms with Gasteiger partial charge in [0.15, 0.2) is 11.5 Å². The van der Waals surface area contributed by atoms with Gasteiger partial charge in [-0.25, -0.2) is 9.80 Å². The van der Waals surface area contributed by atoms with Crippen molar-refractivity contribution in [2.75, 3.05) is 60.3 Å². The number of methoxy groups -OCH3 is 2. The van der Waals surface area contributed by atoms with Crippen molar-refractivity contribution in [3.8, 4) is 11.5 Å². The quantitative estimate of drug-likeness (QED) is 0.148. The van der Waals surface area contributed by atoms with Crippen molar-refractivity contribution in [1.82, 2.24) is 21.1 Å². The summed E-state index contributed by atoms with van der Waals surface area (Å²) in [5.74, 6) is 0.110. The van der Waals surface area contributed by atoms with Gasteiger partial charge in [0.05, 0.1) is 45.6 Å². The Morgan fingerprint density at radius 3 is 2.27 bits per heavy atom. The minimum atomic E-state index is -1.07. The molecular formula is C36H62N4O9. The van der Waals surface area contributed by atoms with E-state index in [1.807, 2.05) is 32.0 Å². The van der Waals surface area contributed by atoms with Crippen molar-refractivity contribution in [2.45, 2.75) is 91.9 Å². The normalized spacial score (nSPS) is 16.4. The van der Waals surface area contributed by atoms with Crippen LogP contribution in [-0.4, -0.2) is 106 Å². The van der Waals surface area contributed by atoms with Gasteiger partial charge in [-0.1, -0.05) is 33.8 Å². The molecule has 1 aromatic carbocycles. The van der Waals surface area contributed by atoms with Gasteiger partial charge in [-0.2, -0.15) is 0 Å². The Kier molecular flexibility index (Phi) is 18.2. The standard InChI is InChI=1S/C36H62N4O9/c1-24(2)27(19-26-11-12-31(46-9)32(20-26)48-16-10-15-45-8)21-29(38-35(44)49-36(5,6)7)30(41)22-28(25(3)4)34(43)37-23-33(42)39-40-13-17-47-18-14-40/h11-12,20,24-25,27-30,41H,10,13-19,21-23H2,1-9H3,(H,37,43)(H,38,44)(H,39,42)/t27-,28-,29-,30-/m0/s1. The molecular weight excluding hydrogens is 632 g/mol. The molecule has 4 atom stereocenters. The largest absolute Gasteiger partial charge is 0.493 e. The van der Waals surface area contributed by atoms with Gasteiger partial charge in [-0.05, 0) is 75.5 Å². The van der Waals surface area contributed by atoms with Crippen LogP contribution in [0.1, 0.15) is 73.3 Å². The molecule has 0 bridgehead atoms. The van der Waals surface area contributed by atoms with Crippen LogP contribution in [0.15, 0.2) is 18.2 Å². The van der Waals surface area contributed by atoms with E-state index in [4.69, 9.17) is 23.7 Å². The molecule has 3 amide bonds. The molecule has 0 radical (unpaired) electrons. The summed E-state index contributed by atoms with van der Waals surface area (Å²) in [5, 5.41) is 19.1. The van der Waals surface area contributed by atoms with Crippen molar-refractivity contribution < 1.29 is 43.2 Å². The summed E-state index contributed by atoms with van der Waals surface area (Å²) in [6.45, 7) is 16.5. The zero-order valence-electron chi connectivity index (χ0n) is 31.1. The molecule has 1 aromatic rings.